The van der Waals surface area contributed by atoms with Gasteiger partial charge < -0.3 is 5.73 Å². The van der Waals surface area contributed by atoms with Crippen molar-refractivity contribution in [1.82, 2.24) is 0 Å². The van der Waals surface area contributed by atoms with E-state index >= 15 is 0 Å². The molecule has 0 radical (unpaired) electrons. The highest BCUT2D eigenvalue weighted by molar-refractivity contribution is 5.39. The minimum atomic E-state index is 0.552. The molecule has 0 amide bonds. The average Bonchev–Trinajstić information content (AvgIpc) is 2.61. The predicted molar refractivity (Wildman–Crippen MR) is 76.6 cm³/mol. The lowest BCUT2D eigenvalue weighted by molar-refractivity contribution is 1.25. The summed E-state index contributed by atoms with van der Waals surface area (Å²) < 4.78 is 0. The fourth-order valence-corrected chi connectivity index (χ4v) is 1.43. The smallest absolute Gasteiger partial charge is 0.0110 e. The number of allylic oxidation sites excluding steroid dienone is 12. The van der Waals surface area contributed by atoms with E-state index in [0.29, 0.717) is 6.54 Å². The van der Waals surface area contributed by atoms with Gasteiger partial charge in [0.25, 0.3) is 0 Å². The van der Waals surface area contributed by atoms with Crippen LogP contribution in [0.25, 0.3) is 0 Å². The van der Waals surface area contributed by atoms with Crippen molar-refractivity contribution >= 4 is 0 Å². The van der Waals surface area contributed by atoms with Crippen LogP contribution in [0.3, 0.4) is 0 Å². The molecule has 0 aromatic rings. The lowest BCUT2D eigenvalue weighted by Gasteiger charge is -1.96. The molecule has 2 N–H and O–H groups in total. The summed E-state index contributed by atoms with van der Waals surface area (Å²) >= 11 is 0. The maximum Gasteiger partial charge on any atom is 0.0110 e. The van der Waals surface area contributed by atoms with E-state index in [1.807, 2.05) is 24.3 Å². The van der Waals surface area contributed by atoms with Crippen molar-refractivity contribution in [2.75, 3.05) is 6.54 Å². The number of hydrogen-bond donors (Lipinski definition) is 1. The molecule has 0 spiro atoms. The molecular weight excluding hydrogens is 206 g/mol. The minimum absolute atomic E-state index is 0.552. The summed E-state index contributed by atoms with van der Waals surface area (Å²) in [6, 6.07) is 0. The molecule has 0 unspecified atom stereocenters. The molecule has 0 fully saturated rings. The second-order valence-electron chi connectivity index (χ2n) is 3.63. The summed E-state index contributed by atoms with van der Waals surface area (Å²) in [4.78, 5) is 0. The first kappa shape index (κ1) is 13.2. The second kappa shape index (κ2) is 8.31. The van der Waals surface area contributed by atoms with Crippen LogP contribution < -0.4 is 5.73 Å². The number of rotatable bonds is 5. The Bertz CT molecular complexity index is 415. The van der Waals surface area contributed by atoms with Crippen LogP contribution in [0.4, 0.5) is 0 Å². The van der Waals surface area contributed by atoms with Crippen molar-refractivity contribution < 1.29 is 0 Å². The molecule has 1 heteroatoms. The SMILES string of the molecule is C=C/C=C(\C=C/CN)/C=C/C1=CC=CC=CC1. The highest BCUT2D eigenvalue weighted by atomic mass is 14.5. The van der Waals surface area contributed by atoms with Gasteiger partial charge in [0.2, 0.25) is 0 Å². The molecule has 1 aliphatic rings. The van der Waals surface area contributed by atoms with Gasteiger partial charge in [0, 0.05) is 6.54 Å². The minimum Gasteiger partial charge on any atom is -0.327 e. The van der Waals surface area contributed by atoms with E-state index in [1.54, 1.807) is 6.08 Å². The second-order valence-corrected chi connectivity index (χ2v) is 3.63. The fraction of sp³-hybridized carbons (Fsp3) is 0.125. The van der Waals surface area contributed by atoms with Gasteiger partial charge in [0.05, 0.1) is 0 Å². The maximum atomic E-state index is 5.44. The highest BCUT2D eigenvalue weighted by Gasteiger charge is 1.91. The molecule has 88 valence electrons. The predicted octanol–water partition coefficient (Wildman–Crippen LogP) is 3.61. The van der Waals surface area contributed by atoms with Crippen molar-refractivity contribution in [2.45, 2.75) is 6.42 Å². The fourth-order valence-electron chi connectivity index (χ4n) is 1.43. The van der Waals surface area contributed by atoms with E-state index in [-0.39, 0.29) is 0 Å². The first-order valence-corrected chi connectivity index (χ1v) is 5.76. The van der Waals surface area contributed by atoms with Crippen LogP contribution in [0.15, 0.2) is 84.6 Å². The molecule has 1 aliphatic carbocycles. The van der Waals surface area contributed by atoms with E-state index in [4.69, 9.17) is 5.73 Å². The Kier molecular flexibility index (Phi) is 6.46. The Hall–Kier alpha value is -1.86. The molecular formula is C16H19N. The number of hydrogen-bond acceptors (Lipinski definition) is 1. The van der Waals surface area contributed by atoms with Gasteiger partial charge in [0.15, 0.2) is 0 Å². The molecule has 0 aromatic carbocycles. The standard InChI is InChI=1S/C16H19N/c1-2-8-15(11-7-14-17)12-13-16-9-5-3-4-6-10-16/h2-9,11-13H,1,10,14,17H2/b11-7-,13-12+,15-8+. The summed E-state index contributed by atoms with van der Waals surface area (Å²) in [5.41, 5.74) is 7.82. The van der Waals surface area contributed by atoms with Crippen LogP contribution >= 0.6 is 0 Å². The van der Waals surface area contributed by atoms with Crippen LogP contribution in [0.5, 0.6) is 0 Å². The zero-order chi connectivity index (χ0) is 12.3. The molecule has 0 atom stereocenters. The third-order valence-corrected chi connectivity index (χ3v) is 2.27. The van der Waals surface area contributed by atoms with E-state index in [9.17, 15) is 0 Å². The number of nitrogens with two attached hydrogens (primary N) is 1. The van der Waals surface area contributed by atoms with Crippen molar-refractivity contribution in [2.24, 2.45) is 5.73 Å². The van der Waals surface area contributed by atoms with Crippen molar-refractivity contribution in [3.8, 4) is 0 Å². The van der Waals surface area contributed by atoms with Gasteiger partial charge in [-0.25, -0.2) is 0 Å². The first-order chi connectivity index (χ1) is 8.36. The first-order valence-electron chi connectivity index (χ1n) is 5.76. The van der Waals surface area contributed by atoms with Gasteiger partial charge >= 0.3 is 0 Å². The molecule has 0 saturated heterocycles. The largest absolute Gasteiger partial charge is 0.327 e. The molecule has 1 nitrogen and oxygen atoms in total. The monoisotopic (exact) mass is 225 g/mol. The van der Waals surface area contributed by atoms with Crippen LogP contribution in [0, 0.1) is 0 Å². The normalized spacial score (nSPS) is 16.5. The molecule has 1 rings (SSSR count). The topological polar surface area (TPSA) is 26.0 Å². The van der Waals surface area contributed by atoms with Crippen LogP contribution in [0.1, 0.15) is 6.42 Å². The Morgan fingerprint density at radius 1 is 1.29 bits per heavy atom. The Labute approximate surface area is 104 Å². The third-order valence-electron chi connectivity index (χ3n) is 2.27. The average molecular weight is 225 g/mol. The van der Waals surface area contributed by atoms with Crippen molar-refractivity contribution in [3.05, 3.63) is 84.6 Å². The summed E-state index contributed by atoms with van der Waals surface area (Å²) in [6.07, 6.45) is 23.3. The summed E-state index contributed by atoms with van der Waals surface area (Å²) in [5.74, 6) is 0. The van der Waals surface area contributed by atoms with Crippen LogP contribution in [-0.2, 0) is 0 Å². The molecule has 0 saturated carbocycles. The summed E-state index contributed by atoms with van der Waals surface area (Å²) in [5, 5.41) is 0. The Balaban J connectivity index is 2.72. The van der Waals surface area contributed by atoms with E-state index in [2.05, 4.69) is 43.0 Å². The maximum absolute atomic E-state index is 5.44. The Morgan fingerprint density at radius 2 is 2.18 bits per heavy atom. The van der Waals surface area contributed by atoms with Gasteiger partial charge in [-0.15, -0.1) is 0 Å². The Morgan fingerprint density at radius 3 is 2.94 bits per heavy atom. The van der Waals surface area contributed by atoms with E-state index in [1.165, 1.54) is 5.57 Å². The molecule has 0 aromatic heterocycles. The molecule has 17 heavy (non-hydrogen) atoms. The van der Waals surface area contributed by atoms with E-state index < -0.39 is 0 Å². The quantitative estimate of drug-likeness (QED) is 0.711. The molecule has 0 heterocycles. The zero-order valence-electron chi connectivity index (χ0n) is 10.0. The molecule has 0 bridgehead atoms. The zero-order valence-corrected chi connectivity index (χ0v) is 10.0. The van der Waals surface area contributed by atoms with Gasteiger partial charge in [-0.1, -0.05) is 73.4 Å². The van der Waals surface area contributed by atoms with Gasteiger partial charge in [-0.05, 0) is 17.6 Å². The third kappa shape index (κ3) is 5.69. The summed E-state index contributed by atoms with van der Waals surface area (Å²) in [7, 11) is 0. The lowest BCUT2D eigenvalue weighted by Crippen LogP contribution is -1.92. The van der Waals surface area contributed by atoms with Crippen LogP contribution in [0.2, 0.25) is 0 Å². The van der Waals surface area contributed by atoms with Gasteiger partial charge in [-0.2, -0.15) is 0 Å². The lowest BCUT2D eigenvalue weighted by atomic mass is 10.1. The van der Waals surface area contributed by atoms with Gasteiger partial charge in [-0.3, -0.25) is 0 Å². The highest BCUT2D eigenvalue weighted by Crippen LogP contribution is 2.10. The summed E-state index contributed by atoms with van der Waals surface area (Å²) in [6.45, 7) is 4.26. The van der Waals surface area contributed by atoms with Crippen LogP contribution in [-0.4, -0.2) is 6.54 Å². The van der Waals surface area contributed by atoms with Crippen molar-refractivity contribution in [3.63, 3.8) is 0 Å². The van der Waals surface area contributed by atoms with E-state index in [0.717, 1.165) is 12.0 Å². The molecule has 0 aliphatic heterocycles. The van der Waals surface area contributed by atoms with Crippen molar-refractivity contribution in [1.29, 1.82) is 0 Å². The van der Waals surface area contributed by atoms with Gasteiger partial charge in [0.1, 0.15) is 0 Å².